The van der Waals surface area contributed by atoms with Gasteiger partial charge in [0.25, 0.3) is 0 Å². The maximum Gasteiger partial charge on any atom is 0.0337 e. The number of benzene rings is 1. The summed E-state index contributed by atoms with van der Waals surface area (Å²) in [4.78, 5) is 2.74. The molecule has 2 saturated heterocycles. The van der Waals surface area contributed by atoms with Gasteiger partial charge in [-0.1, -0.05) is 12.1 Å². The number of rotatable bonds is 3. The Labute approximate surface area is 122 Å². The van der Waals surface area contributed by atoms with Crippen LogP contribution >= 0.6 is 0 Å². The fraction of sp³-hybridized carbons (Fsp3) is 0.647. The van der Waals surface area contributed by atoms with Gasteiger partial charge in [-0.3, -0.25) is 0 Å². The molecule has 0 bridgehead atoms. The minimum absolute atomic E-state index is 0.763. The fourth-order valence-corrected chi connectivity index (χ4v) is 3.69. The van der Waals surface area contributed by atoms with Gasteiger partial charge >= 0.3 is 0 Å². The molecule has 3 rings (SSSR count). The largest absolute Gasteiger partial charge is 0.388 e. The number of hydrogen-bond acceptors (Lipinski definition) is 3. The highest BCUT2D eigenvalue weighted by molar-refractivity contribution is 5.44. The average Bonchev–Trinajstić information content (AvgIpc) is 2.56. The summed E-state index contributed by atoms with van der Waals surface area (Å²) < 4.78 is 0. The first kappa shape index (κ1) is 13.9. The van der Waals surface area contributed by atoms with Crippen LogP contribution in [0.1, 0.15) is 37.2 Å². The molecule has 0 atom stereocenters. The lowest BCUT2D eigenvalue weighted by Gasteiger charge is -2.39. The van der Waals surface area contributed by atoms with Gasteiger partial charge in [-0.05, 0) is 75.5 Å². The van der Waals surface area contributed by atoms with Crippen LogP contribution in [-0.2, 0) is 0 Å². The van der Waals surface area contributed by atoms with E-state index in [0.29, 0.717) is 0 Å². The summed E-state index contributed by atoms with van der Waals surface area (Å²) in [6, 6.07) is 9.85. The molecule has 1 aromatic rings. The first-order chi connectivity index (χ1) is 9.86. The number of nitrogens with zero attached hydrogens (tertiary/aromatic N) is 1. The third kappa shape index (κ3) is 3.15. The van der Waals surface area contributed by atoms with Crippen molar-refractivity contribution in [2.75, 3.05) is 38.5 Å². The van der Waals surface area contributed by atoms with Crippen molar-refractivity contribution in [3.05, 3.63) is 29.8 Å². The van der Waals surface area contributed by atoms with Crippen LogP contribution in [0.15, 0.2) is 24.3 Å². The van der Waals surface area contributed by atoms with E-state index in [1.54, 1.807) is 0 Å². The lowest BCUT2D eigenvalue weighted by atomic mass is 9.88. The van der Waals surface area contributed by atoms with Crippen LogP contribution in [0, 0.1) is 0 Å². The molecule has 110 valence electrons. The molecule has 1 aromatic carbocycles. The van der Waals surface area contributed by atoms with Crippen LogP contribution in [0.25, 0.3) is 0 Å². The Morgan fingerprint density at radius 3 is 2.25 bits per heavy atom. The van der Waals surface area contributed by atoms with Crippen LogP contribution in [0.5, 0.6) is 0 Å². The molecule has 0 radical (unpaired) electrons. The molecule has 0 aliphatic carbocycles. The van der Waals surface area contributed by atoms with Gasteiger partial charge in [0.1, 0.15) is 0 Å². The minimum atomic E-state index is 0.763. The second kappa shape index (κ2) is 6.59. The summed E-state index contributed by atoms with van der Waals surface area (Å²) >= 11 is 0. The maximum atomic E-state index is 3.47. The SMILES string of the molecule is CNc1ccc(C2CCN(C3CCNCC3)CC2)cc1. The van der Waals surface area contributed by atoms with Gasteiger partial charge in [-0.15, -0.1) is 0 Å². The summed E-state index contributed by atoms with van der Waals surface area (Å²) in [5.74, 6) is 0.763. The highest BCUT2D eigenvalue weighted by Crippen LogP contribution is 2.30. The molecule has 20 heavy (non-hydrogen) atoms. The Hall–Kier alpha value is -1.06. The van der Waals surface area contributed by atoms with Gasteiger partial charge in [0.2, 0.25) is 0 Å². The quantitative estimate of drug-likeness (QED) is 0.886. The molecule has 0 unspecified atom stereocenters. The number of nitrogens with one attached hydrogen (secondary N) is 2. The molecule has 2 aliphatic heterocycles. The third-order valence-electron chi connectivity index (χ3n) is 5.03. The molecule has 3 nitrogen and oxygen atoms in total. The Balaban J connectivity index is 1.54. The molecule has 2 heterocycles. The summed E-state index contributed by atoms with van der Waals surface area (Å²) in [7, 11) is 1.98. The van der Waals surface area contributed by atoms with E-state index in [2.05, 4.69) is 39.8 Å². The summed E-state index contributed by atoms with van der Waals surface area (Å²) in [6.45, 7) is 4.97. The predicted octanol–water partition coefficient (Wildman–Crippen LogP) is 2.66. The molecule has 2 aliphatic rings. The van der Waals surface area contributed by atoms with Crippen LogP contribution in [-0.4, -0.2) is 44.2 Å². The van der Waals surface area contributed by atoms with Gasteiger partial charge in [-0.25, -0.2) is 0 Å². The van der Waals surface area contributed by atoms with Gasteiger partial charge in [0.15, 0.2) is 0 Å². The van der Waals surface area contributed by atoms with Gasteiger partial charge < -0.3 is 15.5 Å². The zero-order valence-electron chi connectivity index (χ0n) is 12.6. The lowest BCUT2D eigenvalue weighted by Crippen LogP contribution is -2.46. The number of anilines is 1. The third-order valence-corrected chi connectivity index (χ3v) is 5.03. The van der Waals surface area contributed by atoms with E-state index in [0.717, 1.165) is 12.0 Å². The highest BCUT2D eigenvalue weighted by Gasteiger charge is 2.26. The van der Waals surface area contributed by atoms with Crippen molar-refractivity contribution in [1.29, 1.82) is 0 Å². The molecule has 0 amide bonds. The van der Waals surface area contributed by atoms with E-state index < -0.39 is 0 Å². The zero-order valence-corrected chi connectivity index (χ0v) is 12.6. The first-order valence-electron chi connectivity index (χ1n) is 8.09. The van der Waals surface area contributed by atoms with Gasteiger partial charge in [0.05, 0.1) is 0 Å². The Morgan fingerprint density at radius 2 is 1.65 bits per heavy atom. The standard InChI is InChI=1S/C17H27N3/c1-18-16-4-2-14(3-5-16)15-8-12-20(13-9-15)17-6-10-19-11-7-17/h2-5,15,17-19H,6-13H2,1H3. The molecule has 0 spiro atoms. The first-order valence-corrected chi connectivity index (χ1v) is 8.09. The monoisotopic (exact) mass is 273 g/mol. The second-order valence-electron chi connectivity index (χ2n) is 6.16. The van der Waals surface area contributed by atoms with E-state index in [1.165, 1.54) is 63.1 Å². The van der Waals surface area contributed by atoms with Crippen LogP contribution in [0.4, 0.5) is 5.69 Å². The van der Waals surface area contributed by atoms with Crippen LogP contribution in [0.3, 0.4) is 0 Å². The van der Waals surface area contributed by atoms with E-state index in [9.17, 15) is 0 Å². The van der Waals surface area contributed by atoms with E-state index in [1.807, 2.05) is 7.05 Å². The number of likely N-dealkylation sites (tertiary alicyclic amines) is 1. The van der Waals surface area contributed by atoms with Gasteiger partial charge in [0, 0.05) is 18.8 Å². The molecular weight excluding hydrogens is 246 g/mol. The Kier molecular flexibility index (Phi) is 4.58. The maximum absolute atomic E-state index is 3.47. The normalized spacial score (nSPS) is 22.9. The predicted molar refractivity (Wildman–Crippen MR) is 85.4 cm³/mol. The van der Waals surface area contributed by atoms with Crippen LogP contribution in [0.2, 0.25) is 0 Å². The molecule has 0 aromatic heterocycles. The molecule has 2 N–H and O–H groups in total. The minimum Gasteiger partial charge on any atom is -0.388 e. The van der Waals surface area contributed by atoms with Crippen molar-refractivity contribution in [2.45, 2.75) is 37.6 Å². The van der Waals surface area contributed by atoms with Crippen molar-refractivity contribution in [2.24, 2.45) is 0 Å². The Bertz CT molecular complexity index is 401. The highest BCUT2D eigenvalue weighted by atomic mass is 15.2. The summed E-state index contributed by atoms with van der Waals surface area (Å²) in [5, 5.41) is 6.66. The van der Waals surface area contributed by atoms with Crippen molar-refractivity contribution in [3.8, 4) is 0 Å². The molecular formula is C17H27N3. The second-order valence-corrected chi connectivity index (χ2v) is 6.16. The van der Waals surface area contributed by atoms with Crippen molar-refractivity contribution in [3.63, 3.8) is 0 Å². The van der Waals surface area contributed by atoms with E-state index in [-0.39, 0.29) is 0 Å². The van der Waals surface area contributed by atoms with Crippen molar-refractivity contribution >= 4 is 5.69 Å². The zero-order chi connectivity index (χ0) is 13.8. The molecule has 0 saturated carbocycles. The summed E-state index contributed by atoms with van der Waals surface area (Å²) in [5.41, 5.74) is 2.73. The topological polar surface area (TPSA) is 27.3 Å². The lowest BCUT2D eigenvalue weighted by molar-refractivity contribution is 0.127. The van der Waals surface area contributed by atoms with Crippen molar-refractivity contribution < 1.29 is 0 Å². The van der Waals surface area contributed by atoms with E-state index in [4.69, 9.17) is 0 Å². The van der Waals surface area contributed by atoms with Gasteiger partial charge in [-0.2, -0.15) is 0 Å². The van der Waals surface area contributed by atoms with Crippen LogP contribution < -0.4 is 10.6 Å². The molecule has 3 heteroatoms. The molecule has 2 fully saturated rings. The Morgan fingerprint density at radius 1 is 1.00 bits per heavy atom. The smallest absolute Gasteiger partial charge is 0.0337 e. The van der Waals surface area contributed by atoms with Crippen molar-refractivity contribution in [1.82, 2.24) is 10.2 Å². The number of hydrogen-bond donors (Lipinski definition) is 2. The summed E-state index contributed by atoms with van der Waals surface area (Å²) in [6.07, 6.45) is 5.31. The van der Waals surface area contributed by atoms with E-state index >= 15 is 0 Å². The fourth-order valence-electron chi connectivity index (χ4n) is 3.69. The number of piperidine rings is 2. The average molecular weight is 273 g/mol.